The van der Waals surface area contributed by atoms with Gasteiger partial charge in [0.05, 0.1) is 0 Å². The molecule has 0 bridgehead atoms. The predicted molar refractivity (Wildman–Crippen MR) is 122 cm³/mol. The zero-order valence-corrected chi connectivity index (χ0v) is 19.1. The summed E-state index contributed by atoms with van der Waals surface area (Å²) in [5.41, 5.74) is 1.64. The molecule has 2 aliphatic rings. The highest BCUT2D eigenvalue weighted by Crippen LogP contribution is 2.32. The average Bonchev–Trinajstić information content (AvgIpc) is 3.25. The van der Waals surface area contributed by atoms with Gasteiger partial charge in [-0.3, -0.25) is 14.5 Å². The maximum absolute atomic E-state index is 13.2. The lowest BCUT2D eigenvalue weighted by molar-refractivity contribution is -0.136. The van der Waals surface area contributed by atoms with E-state index in [4.69, 9.17) is 21.1 Å². The Bertz CT molecular complexity index is 972. The number of benzene rings is 2. The number of fused-ring (bicyclic) bond motifs is 1. The van der Waals surface area contributed by atoms with Crippen LogP contribution in [0.25, 0.3) is 0 Å². The van der Waals surface area contributed by atoms with E-state index >= 15 is 0 Å². The first-order valence-electron chi connectivity index (χ1n) is 10.9. The van der Waals surface area contributed by atoms with Gasteiger partial charge in [0.15, 0.2) is 11.5 Å². The molecule has 1 saturated heterocycles. The van der Waals surface area contributed by atoms with Crippen LogP contribution in [0.3, 0.4) is 0 Å². The van der Waals surface area contributed by atoms with Crippen molar-refractivity contribution < 1.29 is 19.1 Å². The minimum Gasteiger partial charge on any atom is -0.454 e. The van der Waals surface area contributed by atoms with Crippen LogP contribution in [0.4, 0.5) is 0 Å². The van der Waals surface area contributed by atoms with Crippen molar-refractivity contribution in [3.8, 4) is 11.5 Å². The SMILES string of the molecule is CC(C)[C@@H](NC(=O)c1ccc(Cl)cc1)C(=O)N1CCN(Cc2ccc3c(c2)OCO3)CC1. The van der Waals surface area contributed by atoms with Gasteiger partial charge in [-0.2, -0.15) is 0 Å². The lowest BCUT2D eigenvalue weighted by atomic mass is 10.0. The summed E-state index contributed by atoms with van der Waals surface area (Å²) in [5.74, 6) is 1.24. The summed E-state index contributed by atoms with van der Waals surface area (Å²) in [6.45, 7) is 7.75. The second-order valence-corrected chi connectivity index (χ2v) is 8.93. The molecular weight excluding hydrogens is 430 g/mol. The van der Waals surface area contributed by atoms with Gasteiger partial charge in [0.2, 0.25) is 12.7 Å². The molecule has 2 aromatic rings. The molecule has 1 atom stereocenters. The Morgan fingerprint density at radius 3 is 2.38 bits per heavy atom. The molecule has 1 N–H and O–H groups in total. The van der Waals surface area contributed by atoms with E-state index in [0.29, 0.717) is 23.7 Å². The Balaban J connectivity index is 1.32. The largest absolute Gasteiger partial charge is 0.454 e. The highest BCUT2D eigenvalue weighted by atomic mass is 35.5. The third-order valence-electron chi connectivity index (χ3n) is 5.85. The highest BCUT2D eigenvalue weighted by Gasteiger charge is 2.31. The second-order valence-electron chi connectivity index (χ2n) is 8.49. The maximum atomic E-state index is 13.2. The fourth-order valence-electron chi connectivity index (χ4n) is 3.96. The van der Waals surface area contributed by atoms with Crippen molar-refractivity contribution in [3.05, 3.63) is 58.6 Å². The Labute approximate surface area is 193 Å². The van der Waals surface area contributed by atoms with Crippen LogP contribution >= 0.6 is 11.6 Å². The van der Waals surface area contributed by atoms with Crippen molar-refractivity contribution >= 4 is 23.4 Å². The molecule has 170 valence electrons. The standard InChI is InChI=1S/C24H28ClN3O4/c1-16(2)22(26-23(29)18-4-6-19(25)7-5-18)24(30)28-11-9-27(10-12-28)14-17-3-8-20-21(13-17)32-15-31-20/h3-8,13,16,22H,9-12,14-15H2,1-2H3,(H,26,29)/t22-/m1/s1. The molecule has 4 rings (SSSR count). The smallest absolute Gasteiger partial charge is 0.251 e. The number of halogens is 1. The summed E-state index contributed by atoms with van der Waals surface area (Å²) in [6, 6.07) is 12.1. The summed E-state index contributed by atoms with van der Waals surface area (Å²) in [6.07, 6.45) is 0. The number of hydrogen-bond donors (Lipinski definition) is 1. The van der Waals surface area contributed by atoms with Crippen molar-refractivity contribution in [1.29, 1.82) is 0 Å². The summed E-state index contributed by atoms with van der Waals surface area (Å²) >= 11 is 5.90. The number of nitrogens with zero attached hydrogens (tertiary/aromatic N) is 2. The zero-order valence-electron chi connectivity index (χ0n) is 18.3. The van der Waals surface area contributed by atoms with Gasteiger partial charge in [-0.05, 0) is 47.9 Å². The molecule has 2 heterocycles. The van der Waals surface area contributed by atoms with Crippen molar-refractivity contribution in [2.45, 2.75) is 26.4 Å². The molecule has 2 aromatic carbocycles. The van der Waals surface area contributed by atoms with E-state index in [9.17, 15) is 9.59 Å². The third-order valence-corrected chi connectivity index (χ3v) is 6.10. The van der Waals surface area contributed by atoms with E-state index in [0.717, 1.165) is 36.7 Å². The van der Waals surface area contributed by atoms with Crippen molar-refractivity contribution in [2.75, 3.05) is 33.0 Å². The molecule has 32 heavy (non-hydrogen) atoms. The van der Waals surface area contributed by atoms with Crippen LogP contribution in [0.5, 0.6) is 11.5 Å². The van der Waals surface area contributed by atoms with Gasteiger partial charge in [0.25, 0.3) is 5.91 Å². The van der Waals surface area contributed by atoms with Crippen molar-refractivity contribution in [2.24, 2.45) is 5.92 Å². The molecule has 0 unspecified atom stereocenters. The monoisotopic (exact) mass is 457 g/mol. The number of ether oxygens (including phenoxy) is 2. The minimum atomic E-state index is -0.571. The highest BCUT2D eigenvalue weighted by molar-refractivity contribution is 6.30. The van der Waals surface area contributed by atoms with Crippen LogP contribution in [-0.4, -0.2) is 60.6 Å². The second kappa shape index (κ2) is 9.79. The van der Waals surface area contributed by atoms with Crippen LogP contribution in [0.15, 0.2) is 42.5 Å². The van der Waals surface area contributed by atoms with Gasteiger partial charge in [0, 0.05) is 43.3 Å². The van der Waals surface area contributed by atoms with Crippen LogP contribution in [0, 0.1) is 5.92 Å². The van der Waals surface area contributed by atoms with E-state index in [1.54, 1.807) is 24.3 Å². The lowest BCUT2D eigenvalue weighted by Crippen LogP contribution is -2.56. The first-order valence-corrected chi connectivity index (χ1v) is 11.2. The molecule has 0 spiro atoms. The molecule has 0 saturated carbocycles. The molecule has 1 fully saturated rings. The number of piperazine rings is 1. The van der Waals surface area contributed by atoms with E-state index in [1.807, 2.05) is 36.9 Å². The Morgan fingerprint density at radius 2 is 1.69 bits per heavy atom. The first kappa shape index (κ1) is 22.4. The summed E-state index contributed by atoms with van der Waals surface area (Å²) < 4.78 is 10.8. The summed E-state index contributed by atoms with van der Waals surface area (Å²) in [4.78, 5) is 30.0. The average molecular weight is 458 g/mol. The summed E-state index contributed by atoms with van der Waals surface area (Å²) in [7, 11) is 0. The van der Waals surface area contributed by atoms with Gasteiger partial charge < -0.3 is 19.7 Å². The fourth-order valence-corrected chi connectivity index (χ4v) is 4.09. The normalized spacial score (nSPS) is 16.8. The van der Waals surface area contributed by atoms with Crippen LogP contribution < -0.4 is 14.8 Å². The van der Waals surface area contributed by atoms with Crippen molar-refractivity contribution in [1.82, 2.24) is 15.1 Å². The fraction of sp³-hybridized carbons (Fsp3) is 0.417. The van der Waals surface area contributed by atoms with Gasteiger partial charge in [-0.15, -0.1) is 0 Å². The molecule has 8 heteroatoms. The number of carbonyl (C=O) groups excluding carboxylic acids is 2. The van der Waals surface area contributed by atoms with E-state index in [-0.39, 0.29) is 24.5 Å². The zero-order chi connectivity index (χ0) is 22.7. The Hall–Kier alpha value is -2.77. The molecule has 0 radical (unpaired) electrons. The third kappa shape index (κ3) is 5.16. The summed E-state index contributed by atoms with van der Waals surface area (Å²) in [5, 5.41) is 3.48. The minimum absolute atomic E-state index is 0.0228. The van der Waals surface area contributed by atoms with Gasteiger partial charge in [-0.25, -0.2) is 0 Å². The lowest BCUT2D eigenvalue weighted by Gasteiger charge is -2.37. The van der Waals surface area contributed by atoms with Gasteiger partial charge in [0.1, 0.15) is 6.04 Å². The quantitative estimate of drug-likeness (QED) is 0.721. The predicted octanol–water partition coefficient (Wildman–Crippen LogP) is 3.17. The van der Waals surface area contributed by atoms with Crippen molar-refractivity contribution in [3.63, 3.8) is 0 Å². The molecule has 0 aliphatic carbocycles. The molecule has 2 aliphatic heterocycles. The van der Waals surface area contributed by atoms with E-state index < -0.39 is 6.04 Å². The van der Waals surface area contributed by atoms with Crippen LogP contribution in [-0.2, 0) is 11.3 Å². The number of rotatable bonds is 6. The number of amides is 2. The van der Waals surface area contributed by atoms with Gasteiger partial charge in [-0.1, -0.05) is 31.5 Å². The Morgan fingerprint density at radius 1 is 1.00 bits per heavy atom. The number of hydrogen-bond acceptors (Lipinski definition) is 5. The molecule has 2 amide bonds. The van der Waals surface area contributed by atoms with Crippen LogP contribution in [0.2, 0.25) is 5.02 Å². The molecular formula is C24H28ClN3O4. The molecule has 7 nitrogen and oxygen atoms in total. The number of nitrogens with one attached hydrogen (secondary N) is 1. The first-order chi connectivity index (χ1) is 15.4. The van der Waals surface area contributed by atoms with E-state index in [2.05, 4.69) is 10.2 Å². The Kier molecular flexibility index (Phi) is 6.86. The molecule has 0 aromatic heterocycles. The van der Waals surface area contributed by atoms with Gasteiger partial charge >= 0.3 is 0 Å². The topological polar surface area (TPSA) is 71.1 Å². The number of carbonyl (C=O) groups is 2. The van der Waals surface area contributed by atoms with Crippen LogP contribution in [0.1, 0.15) is 29.8 Å². The maximum Gasteiger partial charge on any atom is 0.251 e. The van der Waals surface area contributed by atoms with E-state index in [1.165, 1.54) is 0 Å².